The number of alkyl halides is 3. The maximum Gasteiger partial charge on any atom is 0.433 e. The summed E-state index contributed by atoms with van der Waals surface area (Å²) in [5, 5.41) is 10.1. The second-order valence-corrected chi connectivity index (χ2v) is 6.36. The number of aliphatic hydroxyl groups excluding tert-OH is 1. The topological polar surface area (TPSA) is 49.2 Å². The minimum Gasteiger partial charge on any atom is -0.391 e. The maximum atomic E-state index is 12.6. The van der Waals surface area contributed by atoms with E-state index in [-0.39, 0.29) is 10.9 Å². The number of likely N-dealkylation sites (N-methyl/N-ethyl adjacent to an activating group) is 1. The van der Waals surface area contributed by atoms with Crippen LogP contribution in [0.3, 0.4) is 0 Å². The molecule has 0 spiro atoms. The maximum absolute atomic E-state index is 12.6. The minimum atomic E-state index is -4.49. The van der Waals surface area contributed by atoms with E-state index in [0.29, 0.717) is 13.1 Å². The Morgan fingerprint density at radius 1 is 1.21 bits per heavy atom. The van der Waals surface area contributed by atoms with Crippen LogP contribution in [0.1, 0.15) is 11.3 Å². The van der Waals surface area contributed by atoms with E-state index in [9.17, 15) is 18.3 Å². The molecule has 0 bridgehead atoms. The van der Waals surface area contributed by atoms with Gasteiger partial charge in [-0.2, -0.15) is 13.2 Å². The third-order valence-electron chi connectivity index (χ3n) is 3.15. The van der Waals surface area contributed by atoms with Gasteiger partial charge in [0.1, 0.15) is 5.69 Å². The van der Waals surface area contributed by atoms with E-state index in [1.165, 1.54) is 0 Å². The Labute approximate surface area is 142 Å². The molecule has 4 nitrogen and oxygen atoms in total. The van der Waals surface area contributed by atoms with Gasteiger partial charge in [0, 0.05) is 25.0 Å². The molecule has 1 aromatic heterocycles. The number of thioether (sulfide) groups is 1. The summed E-state index contributed by atoms with van der Waals surface area (Å²) in [6, 6.07) is 10.6. The Balaban J connectivity index is 1.81. The summed E-state index contributed by atoms with van der Waals surface area (Å²) in [7, 11) is 1.88. The molecule has 2 aromatic rings. The number of hydrogen-bond donors (Lipinski definition) is 1. The van der Waals surface area contributed by atoms with Gasteiger partial charge in [0.2, 0.25) is 0 Å². The number of aliphatic hydroxyl groups is 1. The van der Waals surface area contributed by atoms with Crippen molar-refractivity contribution >= 4 is 11.8 Å². The molecule has 130 valence electrons. The lowest BCUT2D eigenvalue weighted by Gasteiger charge is -2.20. The van der Waals surface area contributed by atoms with Gasteiger partial charge in [-0.05, 0) is 18.7 Å². The van der Waals surface area contributed by atoms with Crippen LogP contribution in [0, 0.1) is 0 Å². The highest BCUT2D eigenvalue weighted by molar-refractivity contribution is 7.99. The van der Waals surface area contributed by atoms with E-state index >= 15 is 0 Å². The first-order valence-electron chi connectivity index (χ1n) is 7.28. The molecule has 0 radical (unpaired) electrons. The molecule has 0 amide bonds. The van der Waals surface area contributed by atoms with Gasteiger partial charge in [-0.3, -0.25) is 4.90 Å². The Morgan fingerprint density at radius 2 is 1.92 bits per heavy atom. The lowest BCUT2D eigenvalue weighted by Crippen LogP contribution is -2.30. The smallest absolute Gasteiger partial charge is 0.391 e. The third-order valence-corrected chi connectivity index (χ3v) is 4.15. The summed E-state index contributed by atoms with van der Waals surface area (Å²) in [6.07, 6.45) is -4.11. The van der Waals surface area contributed by atoms with Gasteiger partial charge in [0.15, 0.2) is 5.16 Å². The van der Waals surface area contributed by atoms with Gasteiger partial charge in [0.05, 0.1) is 6.10 Å². The summed E-state index contributed by atoms with van der Waals surface area (Å²) < 4.78 is 37.8. The molecule has 0 fully saturated rings. The number of aromatic nitrogens is 2. The van der Waals surface area contributed by atoms with Gasteiger partial charge in [-0.15, -0.1) is 0 Å². The summed E-state index contributed by atoms with van der Waals surface area (Å²) >= 11 is 1.01. The summed E-state index contributed by atoms with van der Waals surface area (Å²) in [4.78, 5) is 9.22. The fraction of sp³-hybridized carbons (Fsp3) is 0.375. The van der Waals surface area contributed by atoms with Crippen molar-refractivity contribution in [1.29, 1.82) is 0 Å². The van der Waals surface area contributed by atoms with Crippen LogP contribution >= 0.6 is 11.8 Å². The number of benzene rings is 1. The molecule has 0 aliphatic heterocycles. The Kier molecular flexibility index (Phi) is 6.59. The molecule has 1 atom stereocenters. The van der Waals surface area contributed by atoms with E-state index in [1.54, 1.807) is 0 Å². The van der Waals surface area contributed by atoms with Crippen molar-refractivity contribution in [2.45, 2.75) is 24.0 Å². The van der Waals surface area contributed by atoms with Gasteiger partial charge in [-0.25, -0.2) is 9.97 Å². The van der Waals surface area contributed by atoms with Crippen LogP contribution in [0.15, 0.2) is 47.8 Å². The molecule has 0 saturated carbocycles. The number of halogens is 3. The van der Waals surface area contributed by atoms with Crippen LogP contribution in [0.25, 0.3) is 0 Å². The van der Waals surface area contributed by atoms with E-state index < -0.39 is 18.0 Å². The highest BCUT2D eigenvalue weighted by Crippen LogP contribution is 2.28. The van der Waals surface area contributed by atoms with Crippen LogP contribution in [-0.4, -0.2) is 45.4 Å². The van der Waals surface area contributed by atoms with Crippen molar-refractivity contribution in [3.63, 3.8) is 0 Å². The second kappa shape index (κ2) is 8.46. The summed E-state index contributed by atoms with van der Waals surface area (Å²) in [5.41, 5.74) is 0.150. The van der Waals surface area contributed by atoms with Crippen molar-refractivity contribution in [2.24, 2.45) is 0 Å². The third kappa shape index (κ3) is 6.10. The van der Waals surface area contributed by atoms with Crippen LogP contribution in [0.2, 0.25) is 0 Å². The second-order valence-electron chi connectivity index (χ2n) is 5.37. The molecule has 0 aliphatic carbocycles. The van der Waals surface area contributed by atoms with Crippen LogP contribution < -0.4 is 0 Å². The monoisotopic (exact) mass is 357 g/mol. The van der Waals surface area contributed by atoms with Crippen molar-refractivity contribution in [3.8, 4) is 0 Å². The summed E-state index contributed by atoms with van der Waals surface area (Å²) in [5.74, 6) is 0.223. The molecule has 1 heterocycles. The standard InChI is InChI=1S/C16H18F3N3OS/c1-22(9-12-5-3-2-4-6-12)10-13(23)11-24-15-20-8-7-14(21-15)16(17,18)19/h2-8,13,23H,9-11H2,1H3. The first kappa shape index (κ1) is 18.7. The SMILES string of the molecule is CN(Cc1ccccc1)CC(O)CSc1nccc(C(F)(F)F)n1. The molecule has 8 heteroatoms. The normalized spacial score (nSPS) is 13.2. The van der Waals surface area contributed by atoms with Crippen molar-refractivity contribution < 1.29 is 18.3 Å². The summed E-state index contributed by atoms with van der Waals surface area (Å²) in [6.45, 7) is 1.09. The van der Waals surface area contributed by atoms with Crippen LogP contribution in [0.4, 0.5) is 13.2 Å². The zero-order valence-corrected chi connectivity index (χ0v) is 13.9. The average Bonchev–Trinajstić information content (AvgIpc) is 2.53. The van der Waals surface area contributed by atoms with E-state index in [4.69, 9.17) is 0 Å². The highest BCUT2D eigenvalue weighted by atomic mass is 32.2. The van der Waals surface area contributed by atoms with Crippen molar-refractivity contribution in [3.05, 3.63) is 53.9 Å². The molecular formula is C16H18F3N3OS. The molecule has 1 unspecified atom stereocenters. The molecule has 1 N–H and O–H groups in total. The van der Waals surface area contributed by atoms with Crippen molar-refractivity contribution in [2.75, 3.05) is 19.3 Å². The number of rotatable bonds is 7. The van der Waals surface area contributed by atoms with Gasteiger partial charge in [0.25, 0.3) is 0 Å². The predicted molar refractivity (Wildman–Crippen MR) is 86.5 cm³/mol. The average molecular weight is 357 g/mol. The zero-order chi connectivity index (χ0) is 17.6. The first-order chi connectivity index (χ1) is 11.3. The molecule has 1 aromatic carbocycles. The Hall–Kier alpha value is -1.64. The van der Waals surface area contributed by atoms with E-state index in [2.05, 4.69) is 9.97 Å². The zero-order valence-electron chi connectivity index (χ0n) is 13.1. The first-order valence-corrected chi connectivity index (χ1v) is 8.26. The quantitative estimate of drug-likeness (QED) is 0.610. The predicted octanol–water partition coefficient (Wildman–Crippen LogP) is 3.08. The molecule has 24 heavy (non-hydrogen) atoms. The molecule has 0 saturated heterocycles. The van der Waals surface area contributed by atoms with Gasteiger partial charge in [-0.1, -0.05) is 42.1 Å². The number of hydrogen-bond acceptors (Lipinski definition) is 5. The Bertz CT molecular complexity index is 640. The minimum absolute atomic E-state index is 0.00888. The van der Waals surface area contributed by atoms with Crippen LogP contribution in [-0.2, 0) is 12.7 Å². The largest absolute Gasteiger partial charge is 0.433 e. The lowest BCUT2D eigenvalue weighted by atomic mass is 10.2. The van der Waals surface area contributed by atoms with Crippen molar-refractivity contribution in [1.82, 2.24) is 14.9 Å². The Morgan fingerprint density at radius 3 is 2.58 bits per heavy atom. The fourth-order valence-corrected chi connectivity index (χ4v) is 2.86. The fourth-order valence-electron chi connectivity index (χ4n) is 2.11. The molecule has 2 rings (SSSR count). The molecule has 0 aliphatic rings. The van der Waals surface area contributed by atoms with Gasteiger partial charge >= 0.3 is 6.18 Å². The molecular weight excluding hydrogens is 339 g/mol. The van der Waals surface area contributed by atoms with E-state index in [0.717, 1.165) is 29.6 Å². The highest BCUT2D eigenvalue weighted by Gasteiger charge is 2.32. The van der Waals surface area contributed by atoms with E-state index in [1.807, 2.05) is 42.3 Å². The lowest BCUT2D eigenvalue weighted by molar-refractivity contribution is -0.141. The van der Waals surface area contributed by atoms with Crippen LogP contribution in [0.5, 0.6) is 0 Å². The van der Waals surface area contributed by atoms with Gasteiger partial charge < -0.3 is 5.11 Å². The number of nitrogens with zero attached hydrogens (tertiary/aromatic N) is 3.